The van der Waals surface area contributed by atoms with Crippen LogP contribution >= 0.6 is 11.6 Å². The molecule has 5 aliphatic rings. The van der Waals surface area contributed by atoms with Gasteiger partial charge in [0.1, 0.15) is 34.2 Å². The van der Waals surface area contributed by atoms with E-state index in [1.54, 1.807) is 30.5 Å². The Morgan fingerprint density at radius 3 is 2.54 bits per heavy atom. The molecule has 4 amide bonds. The Bertz CT molecular complexity index is 2250. The van der Waals surface area contributed by atoms with E-state index in [1.807, 2.05) is 29.2 Å². The molecule has 0 spiro atoms. The second-order valence-electron chi connectivity index (χ2n) is 16.5. The Morgan fingerprint density at radius 2 is 1.80 bits per heavy atom. The van der Waals surface area contributed by atoms with Gasteiger partial charge in [-0.2, -0.15) is 0 Å². The van der Waals surface area contributed by atoms with Crippen molar-refractivity contribution in [3.05, 3.63) is 59.8 Å². The van der Waals surface area contributed by atoms with E-state index in [4.69, 9.17) is 26.1 Å². The number of fused-ring (bicyclic) bond motifs is 3. The van der Waals surface area contributed by atoms with Crippen molar-refractivity contribution in [2.75, 3.05) is 26.7 Å². The third kappa shape index (κ3) is 8.77. The van der Waals surface area contributed by atoms with Crippen molar-refractivity contribution < 1.29 is 37.1 Å². The van der Waals surface area contributed by atoms with Crippen molar-refractivity contribution in [2.24, 2.45) is 11.8 Å². The first-order valence-corrected chi connectivity index (χ1v) is 22.8. The molecule has 4 fully saturated rings. The summed E-state index contributed by atoms with van der Waals surface area (Å²) in [6.45, 7) is 1.35. The number of allylic oxidation sites excluding steroid dienone is 1. The Balaban J connectivity index is 1.13. The highest BCUT2D eigenvalue weighted by molar-refractivity contribution is 7.91. The molecule has 2 N–H and O–H groups in total. The lowest BCUT2D eigenvalue weighted by Gasteiger charge is -2.31. The summed E-state index contributed by atoms with van der Waals surface area (Å²) in [7, 11) is -2.38. The maximum Gasteiger partial charge on any atom is 0.259 e. The molecule has 314 valence electrons. The summed E-state index contributed by atoms with van der Waals surface area (Å²) in [6.07, 6.45) is 12.6. The van der Waals surface area contributed by atoms with Crippen molar-refractivity contribution in [2.45, 2.75) is 106 Å². The van der Waals surface area contributed by atoms with Crippen molar-refractivity contribution in [3.8, 4) is 22.9 Å². The summed E-state index contributed by atoms with van der Waals surface area (Å²) < 4.78 is 40.4. The average molecular weight is 847 g/mol. The highest BCUT2D eigenvalue weighted by Gasteiger charge is 2.62. The van der Waals surface area contributed by atoms with E-state index < -0.39 is 56.6 Å². The lowest BCUT2D eigenvalue weighted by molar-refractivity contribution is -0.145. The van der Waals surface area contributed by atoms with E-state index in [0.717, 1.165) is 44.9 Å². The molecular weight excluding hydrogens is 796 g/mol. The Morgan fingerprint density at radius 1 is 1.00 bits per heavy atom. The van der Waals surface area contributed by atoms with Gasteiger partial charge in [-0.05, 0) is 82.1 Å². The summed E-state index contributed by atoms with van der Waals surface area (Å²) >= 11 is 6.81. The van der Waals surface area contributed by atoms with Crippen LogP contribution in [-0.2, 0) is 29.2 Å². The van der Waals surface area contributed by atoms with Gasteiger partial charge in [0, 0.05) is 55.4 Å². The largest absolute Gasteiger partial charge is 0.495 e. The maximum absolute atomic E-state index is 14.9. The number of halogens is 1. The number of sulfonamides is 1. The number of hydrogen-bond donors (Lipinski definition) is 2. The molecule has 14 nitrogen and oxygen atoms in total. The van der Waals surface area contributed by atoms with Crippen LogP contribution in [0.15, 0.2) is 54.7 Å². The molecule has 2 saturated heterocycles. The number of pyridine rings is 2. The molecule has 5 heterocycles. The fraction of sp³-hybridized carbons (Fsp3) is 0.535. The van der Waals surface area contributed by atoms with Gasteiger partial charge in [0.15, 0.2) is 0 Å². The number of nitrogens with one attached hydrogen (secondary N) is 2. The van der Waals surface area contributed by atoms with Crippen LogP contribution in [0.5, 0.6) is 11.5 Å². The summed E-state index contributed by atoms with van der Waals surface area (Å²) in [5.41, 5.74) is -0.0117. The fourth-order valence-corrected chi connectivity index (χ4v) is 10.4. The van der Waals surface area contributed by atoms with Gasteiger partial charge in [-0.3, -0.25) is 28.9 Å². The Labute approximate surface area is 349 Å². The molecule has 8 rings (SSSR count). The third-order valence-corrected chi connectivity index (χ3v) is 14.6. The first kappa shape index (κ1) is 41.0. The Hall–Kier alpha value is -4.76. The minimum Gasteiger partial charge on any atom is -0.495 e. The monoisotopic (exact) mass is 846 g/mol. The quantitative estimate of drug-likeness (QED) is 0.268. The molecule has 16 heteroatoms. The van der Waals surface area contributed by atoms with Gasteiger partial charge in [0.25, 0.3) is 5.91 Å². The zero-order valence-electron chi connectivity index (χ0n) is 33.2. The predicted molar refractivity (Wildman–Crippen MR) is 221 cm³/mol. The van der Waals surface area contributed by atoms with E-state index in [-0.39, 0.29) is 42.6 Å². The molecule has 59 heavy (non-hydrogen) atoms. The number of likely N-dealkylation sites (tertiary alicyclic amines) is 1. The van der Waals surface area contributed by atoms with Gasteiger partial charge < -0.3 is 24.6 Å². The van der Waals surface area contributed by atoms with E-state index in [1.165, 1.54) is 12.0 Å². The summed E-state index contributed by atoms with van der Waals surface area (Å²) in [5.74, 6) is -2.01. The van der Waals surface area contributed by atoms with Crippen LogP contribution in [0.3, 0.4) is 0 Å². The highest BCUT2D eigenvalue weighted by atomic mass is 35.5. The standard InChI is InChI=1S/C43H51ClN6O8S/c1-57-35-18-17-31-36(24-33(46-39(31)38(35)44)32-14-8-9-19-45-32)58-29-23-34-40(52)47-43(42(54)48-59(55,56)30-15-16-30)25-28(43)13-7-4-2-3-6-12-27(41(53)50(34)26-29)22-37(51)49-20-10-5-11-21-49/h7-9,13-14,17-19,24,27-30,34H,2-6,10-12,15-16,20-23,25-26H2,1H3,(H,47,52)(H,48,54)/t27-,28?,29-,34+,43-/m1/s1. The first-order valence-electron chi connectivity index (χ1n) is 20.9. The third-order valence-electron chi connectivity index (χ3n) is 12.4. The molecule has 5 atom stereocenters. The number of carbonyl (C=O) groups is 4. The summed E-state index contributed by atoms with van der Waals surface area (Å²) in [6, 6.07) is 9.64. The SMILES string of the molecule is COc1ccc2c(O[C@@H]3C[C@H]4C(=O)N[C@]5(C(=O)NS(=O)(=O)C6CC6)CC5C=CCCCCC[C@H](CC(=O)N5CCCCC5)C(=O)N4C3)cc(-c3ccccn3)nc2c1Cl. The van der Waals surface area contributed by atoms with Crippen LogP contribution in [0.25, 0.3) is 22.3 Å². The molecule has 2 saturated carbocycles. The second kappa shape index (κ2) is 17.1. The molecule has 1 unspecified atom stereocenters. The number of benzene rings is 1. The number of piperidine rings is 1. The number of ether oxygens (including phenoxy) is 2. The number of rotatable bonds is 9. The number of hydrogen-bond acceptors (Lipinski definition) is 10. The van der Waals surface area contributed by atoms with E-state index in [2.05, 4.69) is 15.0 Å². The van der Waals surface area contributed by atoms with Gasteiger partial charge in [0.05, 0.1) is 35.8 Å². The minimum atomic E-state index is -3.90. The average Bonchev–Trinajstić information content (AvgIpc) is 4.17. The van der Waals surface area contributed by atoms with Crippen LogP contribution < -0.4 is 19.5 Å². The minimum absolute atomic E-state index is 0.0243. The smallest absolute Gasteiger partial charge is 0.259 e. The molecule has 0 bridgehead atoms. The van der Waals surface area contributed by atoms with E-state index in [9.17, 15) is 27.6 Å². The van der Waals surface area contributed by atoms with Gasteiger partial charge in [0.2, 0.25) is 27.7 Å². The van der Waals surface area contributed by atoms with Crippen LogP contribution in [-0.4, -0.2) is 101 Å². The number of carbonyl (C=O) groups excluding carboxylic acids is 4. The van der Waals surface area contributed by atoms with E-state index >= 15 is 0 Å². The van der Waals surface area contributed by atoms with Crippen molar-refractivity contribution in [3.63, 3.8) is 0 Å². The molecule has 3 aromatic rings. The second-order valence-corrected chi connectivity index (χ2v) is 18.9. The number of amides is 4. The Kier molecular flexibility index (Phi) is 11.9. The summed E-state index contributed by atoms with van der Waals surface area (Å²) in [5, 5.41) is 3.18. The van der Waals surface area contributed by atoms with Gasteiger partial charge >= 0.3 is 0 Å². The number of aromatic nitrogens is 2. The number of nitrogens with zero attached hydrogens (tertiary/aromatic N) is 4. The molecular formula is C43H51ClN6O8S. The maximum atomic E-state index is 14.9. The van der Waals surface area contributed by atoms with Crippen LogP contribution in [0.1, 0.15) is 83.5 Å². The highest BCUT2D eigenvalue weighted by Crippen LogP contribution is 2.46. The van der Waals surface area contributed by atoms with Crippen LogP contribution in [0.2, 0.25) is 5.02 Å². The first-order chi connectivity index (χ1) is 28.5. The molecule has 3 aliphatic heterocycles. The van der Waals surface area contributed by atoms with E-state index in [0.29, 0.717) is 66.1 Å². The van der Waals surface area contributed by atoms with Crippen molar-refractivity contribution >= 4 is 56.2 Å². The normalized spacial score (nSPS) is 26.5. The van der Waals surface area contributed by atoms with Gasteiger partial charge in [-0.25, -0.2) is 13.4 Å². The topological polar surface area (TPSA) is 177 Å². The van der Waals surface area contributed by atoms with Gasteiger partial charge in [-0.1, -0.05) is 42.7 Å². The lowest BCUT2D eigenvalue weighted by atomic mass is 9.94. The fourth-order valence-electron chi connectivity index (χ4n) is 8.75. The number of methoxy groups -OCH3 is 1. The lowest BCUT2D eigenvalue weighted by Crippen LogP contribution is -2.57. The zero-order valence-corrected chi connectivity index (χ0v) is 34.8. The molecule has 2 aliphatic carbocycles. The van der Waals surface area contributed by atoms with Gasteiger partial charge in [-0.15, -0.1) is 0 Å². The predicted octanol–water partition coefficient (Wildman–Crippen LogP) is 5.33. The van der Waals surface area contributed by atoms with Crippen LogP contribution in [0, 0.1) is 11.8 Å². The molecule has 1 aromatic carbocycles. The van der Waals surface area contributed by atoms with Crippen LogP contribution in [0.4, 0.5) is 0 Å². The zero-order chi connectivity index (χ0) is 41.3. The molecule has 0 radical (unpaired) electrons. The van der Waals surface area contributed by atoms with Crippen molar-refractivity contribution in [1.82, 2.24) is 29.8 Å². The molecule has 2 aromatic heterocycles. The summed E-state index contributed by atoms with van der Waals surface area (Å²) in [4.78, 5) is 69.7. The van der Waals surface area contributed by atoms with Crippen molar-refractivity contribution in [1.29, 1.82) is 0 Å².